The minimum atomic E-state index is -0.551. The van der Waals surface area contributed by atoms with Crippen molar-refractivity contribution in [3.8, 4) is 0 Å². The van der Waals surface area contributed by atoms with Gasteiger partial charge in [-0.3, -0.25) is 9.80 Å². The van der Waals surface area contributed by atoms with Gasteiger partial charge in [-0.25, -0.2) is 0 Å². The quantitative estimate of drug-likeness (QED) is 0.844. The maximum atomic E-state index is 5.96. The van der Waals surface area contributed by atoms with Crippen LogP contribution in [0, 0.1) is 0 Å². The van der Waals surface area contributed by atoms with Crippen LogP contribution in [0.5, 0.6) is 0 Å². The first-order valence-corrected chi connectivity index (χ1v) is 7.44. The Bertz CT molecular complexity index is 425. The van der Waals surface area contributed by atoms with Crippen LogP contribution in [0.15, 0.2) is 4.52 Å². The third-order valence-electron chi connectivity index (χ3n) is 3.88. The van der Waals surface area contributed by atoms with Crippen LogP contribution >= 0.6 is 0 Å². The highest BCUT2D eigenvalue weighted by atomic mass is 16.5. The van der Waals surface area contributed by atoms with Crippen LogP contribution < -0.4 is 5.73 Å². The molecule has 1 saturated heterocycles. The molecule has 1 atom stereocenters. The van der Waals surface area contributed by atoms with Crippen LogP contribution in [0.1, 0.15) is 45.3 Å². The van der Waals surface area contributed by atoms with Gasteiger partial charge in [0, 0.05) is 12.6 Å². The SMILES string of the molecule is CCN1CCCC1CN(C)Cc1nc(C(C)(C)N)no1. The first-order valence-electron chi connectivity index (χ1n) is 7.44. The van der Waals surface area contributed by atoms with Crippen molar-refractivity contribution in [3.05, 3.63) is 11.7 Å². The highest BCUT2D eigenvalue weighted by molar-refractivity contribution is 4.99. The molecule has 0 saturated carbocycles. The standard InChI is InChI=1S/C14H27N5O/c1-5-19-8-6-7-11(19)9-18(4)10-12-16-13(17-20-12)14(2,3)15/h11H,5-10,15H2,1-4H3. The Labute approximate surface area is 121 Å². The van der Waals surface area contributed by atoms with Crippen LogP contribution in [-0.2, 0) is 12.1 Å². The van der Waals surface area contributed by atoms with Gasteiger partial charge in [0.1, 0.15) is 0 Å². The van der Waals surface area contributed by atoms with Crippen LogP contribution in [-0.4, -0.2) is 52.7 Å². The predicted molar refractivity (Wildman–Crippen MR) is 78.1 cm³/mol. The highest BCUT2D eigenvalue weighted by Gasteiger charge is 2.25. The Balaban J connectivity index is 1.88. The van der Waals surface area contributed by atoms with Gasteiger partial charge < -0.3 is 10.3 Å². The summed E-state index contributed by atoms with van der Waals surface area (Å²) >= 11 is 0. The van der Waals surface area contributed by atoms with Gasteiger partial charge in [0.2, 0.25) is 5.89 Å². The van der Waals surface area contributed by atoms with Crippen molar-refractivity contribution in [1.82, 2.24) is 19.9 Å². The largest absolute Gasteiger partial charge is 0.338 e. The van der Waals surface area contributed by atoms with Gasteiger partial charge in [-0.15, -0.1) is 0 Å². The van der Waals surface area contributed by atoms with Crippen molar-refractivity contribution in [2.45, 2.75) is 51.7 Å². The van der Waals surface area contributed by atoms with Crippen LogP contribution in [0.25, 0.3) is 0 Å². The molecule has 20 heavy (non-hydrogen) atoms. The van der Waals surface area contributed by atoms with Gasteiger partial charge in [-0.05, 0) is 46.8 Å². The van der Waals surface area contributed by atoms with E-state index in [4.69, 9.17) is 10.3 Å². The normalized spacial score (nSPS) is 21.0. The van der Waals surface area contributed by atoms with E-state index < -0.39 is 5.54 Å². The lowest BCUT2D eigenvalue weighted by Crippen LogP contribution is -2.38. The van der Waals surface area contributed by atoms with Gasteiger partial charge in [-0.1, -0.05) is 12.1 Å². The Kier molecular flexibility index (Phi) is 4.78. The molecule has 1 aliphatic heterocycles. The van der Waals surface area contributed by atoms with Gasteiger partial charge >= 0.3 is 0 Å². The summed E-state index contributed by atoms with van der Waals surface area (Å²) in [5, 5.41) is 3.96. The first-order chi connectivity index (χ1) is 9.40. The van der Waals surface area contributed by atoms with Gasteiger partial charge in [0.05, 0.1) is 12.1 Å². The second-order valence-corrected chi connectivity index (χ2v) is 6.35. The summed E-state index contributed by atoms with van der Waals surface area (Å²) in [5.41, 5.74) is 5.41. The lowest BCUT2D eigenvalue weighted by atomic mass is 10.1. The third kappa shape index (κ3) is 3.77. The average molecular weight is 281 g/mol. The van der Waals surface area contributed by atoms with Crippen molar-refractivity contribution in [2.24, 2.45) is 5.73 Å². The zero-order valence-corrected chi connectivity index (χ0v) is 13.1. The Morgan fingerprint density at radius 2 is 2.25 bits per heavy atom. The van der Waals surface area contributed by atoms with Gasteiger partial charge in [0.15, 0.2) is 5.82 Å². The molecule has 0 radical (unpaired) electrons. The lowest BCUT2D eigenvalue weighted by Gasteiger charge is -2.26. The molecule has 1 aliphatic rings. The Hall–Kier alpha value is -0.980. The lowest BCUT2D eigenvalue weighted by molar-refractivity contribution is 0.182. The molecule has 114 valence electrons. The number of hydrogen-bond donors (Lipinski definition) is 1. The molecule has 1 fully saturated rings. The number of hydrogen-bond acceptors (Lipinski definition) is 6. The topological polar surface area (TPSA) is 71.4 Å². The summed E-state index contributed by atoms with van der Waals surface area (Å²) in [6, 6.07) is 0.651. The van der Waals surface area contributed by atoms with Gasteiger partial charge in [-0.2, -0.15) is 4.98 Å². The van der Waals surface area contributed by atoms with Crippen molar-refractivity contribution in [3.63, 3.8) is 0 Å². The summed E-state index contributed by atoms with van der Waals surface area (Å²) in [5.74, 6) is 1.21. The van der Waals surface area contributed by atoms with Crippen molar-refractivity contribution < 1.29 is 4.52 Å². The van der Waals surface area contributed by atoms with Crippen LogP contribution in [0.2, 0.25) is 0 Å². The van der Waals surface area contributed by atoms with E-state index in [9.17, 15) is 0 Å². The Morgan fingerprint density at radius 3 is 2.85 bits per heavy atom. The molecule has 0 bridgehead atoms. The second-order valence-electron chi connectivity index (χ2n) is 6.35. The molecule has 0 amide bonds. The molecule has 2 rings (SSSR count). The minimum absolute atomic E-state index is 0.551. The number of nitrogens with two attached hydrogens (primary N) is 1. The van der Waals surface area contributed by atoms with Crippen molar-refractivity contribution in [1.29, 1.82) is 0 Å². The molecule has 0 spiro atoms. The molecule has 1 aromatic heterocycles. The Morgan fingerprint density at radius 1 is 1.50 bits per heavy atom. The van der Waals surface area contributed by atoms with E-state index in [1.807, 2.05) is 13.8 Å². The fraction of sp³-hybridized carbons (Fsp3) is 0.857. The second kappa shape index (κ2) is 6.20. The number of likely N-dealkylation sites (N-methyl/N-ethyl adjacent to an activating group) is 2. The monoisotopic (exact) mass is 281 g/mol. The van der Waals surface area contributed by atoms with Crippen LogP contribution in [0.3, 0.4) is 0 Å². The number of nitrogens with zero attached hydrogens (tertiary/aromatic N) is 4. The van der Waals surface area contributed by atoms with Crippen molar-refractivity contribution >= 4 is 0 Å². The number of aromatic nitrogens is 2. The molecule has 1 unspecified atom stereocenters. The average Bonchev–Trinajstić information content (AvgIpc) is 2.97. The molecule has 2 N–H and O–H groups in total. The zero-order chi connectivity index (χ0) is 14.8. The summed E-state index contributed by atoms with van der Waals surface area (Å²) in [4.78, 5) is 9.17. The fourth-order valence-electron chi connectivity index (χ4n) is 2.75. The maximum Gasteiger partial charge on any atom is 0.240 e. The smallest absolute Gasteiger partial charge is 0.240 e. The summed E-state index contributed by atoms with van der Waals surface area (Å²) in [6.45, 7) is 10.1. The molecule has 1 aromatic rings. The molecule has 6 nitrogen and oxygen atoms in total. The first kappa shape index (κ1) is 15.4. The molecule has 0 aromatic carbocycles. The molecule has 2 heterocycles. The van der Waals surface area contributed by atoms with E-state index in [1.54, 1.807) is 0 Å². The number of likely N-dealkylation sites (tertiary alicyclic amines) is 1. The van der Waals surface area contributed by atoms with E-state index in [0.717, 1.165) is 13.1 Å². The van der Waals surface area contributed by atoms with E-state index in [-0.39, 0.29) is 0 Å². The van der Waals surface area contributed by atoms with Crippen molar-refractivity contribution in [2.75, 3.05) is 26.7 Å². The van der Waals surface area contributed by atoms with E-state index >= 15 is 0 Å². The third-order valence-corrected chi connectivity index (χ3v) is 3.88. The summed E-state index contributed by atoms with van der Waals surface area (Å²) in [7, 11) is 2.10. The highest BCUT2D eigenvalue weighted by Crippen LogP contribution is 2.18. The van der Waals surface area contributed by atoms with E-state index in [2.05, 4.69) is 33.9 Å². The van der Waals surface area contributed by atoms with E-state index in [1.165, 1.54) is 19.4 Å². The minimum Gasteiger partial charge on any atom is -0.338 e. The maximum absolute atomic E-state index is 5.96. The number of rotatable bonds is 6. The van der Waals surface area contributed by atoms with Gasteiger partial charge in [0.25, 0.3) is 0 Å². The zero-order valence-electron chi connectivity index (χ0n) is 13.1. The predicted octanol–water partition coefficient (Wildman–Crippen LogP) is 1.18. The molecular weight excluding hydrogens is 254 g/mol. The molecule has 6 heteroatoms. The van der Waals surface area contributed by atoms with Crippen LogP contribution in [0.4, 0.5) is 0 Å². The molecule has 0 aliphatic carbocycles. The molecular formula is C14H27N5O. The fourth-order valence-corrected chi connectivity index (χ4v) is 2.75. The van der Waals surface area contributed by atoms with E-state index in [0.29, 0.717) is 24.3 Å². The summed E-state index contributed by atoms with van der Waals surface area (Å²) < 4.78 is 5.28. The summed E-state index contributed by atoms with van der Waals surface area (Å²) in [6.07, 6.45) is 2.58.